The predicted molar refractivity (Wildman–Crippen MR) is 57.6 cm³/mol. The first-order valence-corrected chi connectivity index (χ1v) is 4.58. The SMILES string of the molecule is Cc1cc(-n2cnc(C(N)=S)n2)ncn1. The average molecular weight is 220 g/mol. The van der Waals surface area contributed by atoms with Crippen molar-refractivity contribution < 1.29 is 0 Å². The van der Waals surface area contributed by atoms with Crippen LogP contribution < -0.4 is 5.73 Å². The fourth-order valence-corrected chi connectivity index (χ4v) is 1.15. The molecule has 0 aromatic carbocycles. The molecule has 0 aliphatic heterocycles. The second kappa shape index (κ2) is 3.70. The van der Waals surface area contributed by atoms with Gasteiger partial charge in [-0.15, -0.1) is 5.10 Å². The van der Waals surface area contributed by atoms with Crippen molar-refractivity contribution in [2.45, 2.75) is 6.92 Å². The quantitative estimate of drug-likeness (QED) is 0.717. The van der Waals surface area contributed by atoms with Gasteiger partial charge < -0.3 is 5.73 Å². The lowest BCUT2D eigenvalue weighted by molar-refractivity contribution is 0.830. The molecule has 7 heteroatoms. The summed E-state index contributed by atoms with van der Waals surface area (Å²) in [4.78, 5) is 12.1. The Morgan fingerprint density at radius 1 is 1.40 bits per heavy atom. The van der Waals surface area contributed by atoms with E-state index in [0.717, 1.165) is 5.69 Å². The summed E-state index contributed by atoms with van der Waals surface area (Å²) in [7, 11) is 0. The van der Waals surface area contributed by atoms with E-state index in [0.29, 0.717) is 11.6 Å². The summed E-state index contributed by atoms with van der Waals surface area (Å²) >= 11 is 4.76. The summed E-state index contributed by atoms with van der Waals surface area (Å²) in [5, 5.41) is 4.07. The molecule has 0 bridgehead atoms. The minimum absolute atomic E-state index is 0.166. The Labute approximate surface area is 91.2 Å². The third-order valence-electron chi connectivity index (χ3n) is 1.74. The molecule has 2 aromatic heterocycles. The van der Waals surface area contributed by atoms with Gasteiger partial charge in [0.15, 0.2) is 5.82 Å². The standard InChI is InChI=1S/C8H8N6S/c1-5-2-6(11-3-10-5)14-4-12-8(13-14)7(9)15/h2-4H,1H3,(H2,9,15). The van der Waals surface area contributed by atoms with Gasteiger partial charge >= 0.3 is 0 Å². The Morgan fingerprint density at radius 2 is 2.20 bits per heavy atom. The van der Waals surface area contributed by atoms with Gasteiger partial charge in [-0.2, -0.15) is 0 Å². The molecule has 0 saturated heterocycles. The first-order chi connectivity index (χ1) is 7.16. The van der Waals surface area contributed by atoms with Crippen LogP contribution >= 0.6 is 12.2 Å². The Balaban J connectivity index is 2.41. The van der Waals surface area contributed by atoms with E-state index in [2.05, 4.69) is 20.1 Å². The molecular formula is C8H8N6S. The van der Waals surface area contributed by atoms with Crippen LogP contribution in [0, 0.1) is 6.92 Å². The van der Waals surface area contributed by atoms with E-state index in [-0.39, 0.29) is 4.99 Å². The number of aryl methyl sites for hydroxylation is 1. The van der Waals surface area contributed by atoms with Crippen molar-refractivity contribution in [3.63, 3.8) is 0 Å². The molecule has 0 fully saturated rings. The summed E-state index contributed by atoms with van der Waals surface area (Å²) in [6, 6.07) is 1.79. The maximum Gasteiger partial charge on any atom is 0.208 e. The molecule has 2 aromatic rings. The zero-order valence-corrected chi connectivity index (χ0v) is 8.77. The minimum atomic E-state index is 0.166. The summed E-state index contributed by atoms with van der Waals surface area (Å²) in [6.07, 6.45) is 2.98. The lowest BCUT2D eigenvalue weighted by Gasteiger charge is -1.98. The molecular weight excluding hydrogens is 212 g/mol. The maximum absolute atomic E-state index is 5.40. The van der Waals surface area contributed by atoms with Crippen LogP contribution in [-0.4, -0.2) is 29.7 Å². The van der Waals surface area contributed by atoms with Crippen LogP contribution in [0.15, 0.2) is 18.7 Å². The highest BCUT2D eigenvalue weighted by Crippen LogP contribution is 2.02. The second-order valence-corrected chi connectivity index (χ2v) is 3.33. The average Bonchev–Trinajstić information content (AvgIpc) is 2.66. The normalized spacial score (nSPS) is 10.2. The fourth-order valence-electron chi connectivity index (χ4n) is 1.05. The van der Waals surface area contributed by atoms with Gasteiger partial charge in [-0.1, -0.05) is 12.2 Å². The highest BCUT2D eigenvalue weighted by atomic mass is 32.1. The highest BCUT2D eigenvalue weighted by molar-refractivity contribution is 7.80. The molecule has 2 N–H and O–H groups in total. The Morgan fingerprint density at radius 3 is 2.80 bits per heavy atom. The van der Waals surface area contributed by atoms with Gasteiger partial charge in [0.25, 0.3) is 0 Å². The van der Waals surface area contributed by atoms with Crippen molar-refractivity contribution in [2.24, 2.45) is 5.73 Å². The fraction of sp³-hybridized carbons (Fsp3) is 0.125. The van der Waals surface area contributed by atoms with Gasteiger partial charge in [0.1, 0.15) is 17.6 Å². The summed E-state index contributed by atoms with van der Waals surface area (Å²) in [5.41, 5.74) is 6.25. The van der Waals surface area contributed by atoms with Crippen LogP contribution in [0.3, 0.4) is 0 Å². The van der Waals surface area contributed by atoms with Crippen molar-refractivity contribution in [3.05, 3.63) is 30.2 Å². The van der Waals surface area contributed by atoms with E-state index in [1.165, 1.54) is 17.3 Å². The number of rotatable bonds is 2. The molecule has 0 aliphatic carbocycles. The van der Waals surface area contributed by atoms with Crippen molar-refractivity contribution >= 4 is 17.2 Å². The first kappa shape index (κ1) is 9.66. The molecule has 2 rings (SSSR count). The van der Waals surface area contributed by atoms with Crippen molar-refractivity contribution in [3.8, 4) is 5.82 Å². The van der Waals surface area contributed by atoms with Gasteiger partial charge in [-0.05, 0) is 6.92 Å². The number of hydrogen-bond donors (Lipinski definition) is 1. The highest BCUT2D eigenvalue weighted by Gasteiger charge is 2.05. The van der Waals surface area contributed by atoms with E-state index >= 15 is 0 Å². The molecule has 0 unspecified atom stereocenters. The van der Waals surface area contributed by atoms with Gasteiger partial charge in [0.2, 0.25) is 5.82 Å². The Kier molecular flexibility index (Phi) is 2.38. The van der Waals surface area contributed by atoms with Gasteiger partial charge in [0.05, 0.1) is 0 Å². The number of hydrogen-bond acceptors (Lipinski definition) is 5. The van der Waals surface area contributed by atoms with Crippen LogP contribution in [0.25, 0.3) is 5.82 Å². The maximum atomic E-state index is 5.40. The third-order valence-corrected chi connectivity index (χ3v) is 1.92. The van der Waals surface area contributed by atoms with E-state index in [9.17, 15) is 0 Å². The van der Waals surface area contributed by atoms with Crippen LogP contribution in [0.5, 0.6) is 0 Å². The largest absolute Gasteiger partial charge is 0.387 e. The van der Waals surface area contributed by atoms with Crippen LogP contribution in [-0.2, 0) is 0 Å². The lowest BCUT2D eigenvalue weighted by Crippen LogP contribution is -2.12. The molecule has 0 saturated carbocycles. The topological polar surface area (TPSA) is 82.5 Å². The van der Waals surface area contributed by atoms with Gasteiger partial charge in [-0.3, -0.25) is 0 Å². The Bertz CT molecular complexity index is 505. The Hall–Kier alpha value is -1.89. The first-order valence-electron chi connectivity index (χ1n) is 4.17. The molecule has 15 heavy (non-hydrogen) atoms. The van der Waals surface area contributed by atoms with Crippen molar-refractivity contribution in [1.82, 2.24) is 24.7 Å². The van der Waals surface area contributed by atoms with E-state index in [1.54, 1.807) is 6.07 Å². The molecule has 0 spiro atoms. The molecule has 6 nitrogen and oxygen atoms in total. The molecule has 0 atom stereocenters. The molecule has 0 aliphatic rings. The van der Waals surface area contributed by atoms with E-state index < -0.39 is 0 Å². The number of nitrogens with zero attached hydrogens (tertiary/aromatic N) is 5. The molecule has 0 amide bonds. The van der Waals surface area contributed by atoms with Crippen molar-refractivity contribution in [2.75, 3.05) is 0 Å². The number of thiocarbonyl (C=S) groups is 1. The summed E-state index contributed by atoms with van der Waals surface area (Å²) in [6.45, 7) is 1.87. The summed E-state index contributed by atoms with van der Waals surface area (Å²) < 4.78 is 1.50. The molecule has 0 radical (unpaired) electrons. The van der Waals surface area contributed by atoms with E-state index in [4.69, 9.17) is 18.0 Å². The van der Waals surface area contributed by atoms with Crippen molar-refractivity contribution in [1.29, 1.82) is 0 Å². The number of aromatic nitrogens is 5. The smallest absolute Gasteiger partial charge is 0.208 e. The molecule has 2 heterocycles. The van der Waals surface area contributed by atoms with Crippen LogP contribution in [0.1, 0.15) is 11.5 Å². The zero-order chi connectivity index (χ0) is 10.8. The summed E-state index contributed by atoms with van der Waals surface area (Å²) in [5.74, 6) is 0.971. The lowest BCUT2D eigenvalue weighted by atomic mass is 10.4. The van der Waals surface area contributed by atoms with Gasteiger partial charge in [0, 0.05) is 11.8 Å². The number of nitrogens with two attached hydrogens (primary N) is 1. The predicted octanol–water partition coefficient (Wildman–Crippen LogP) is -0.0000800. The second-order valence-electron chi connectivity index (χ2n) is 2.89. The monoisotopic (exact) mass is 220 g/mol. The van der Waals surface area contributed by atoms with Gasteiger partial charge in [-0.25, -0.2) is 19.6 Å². The van der Waals surface area contributed by atoms with Crippen LogP contribution in [0.4, 0.5) is 0 Å². The minimum Gasteiger partial charge on any atom is -0.387 e. The zero-order valence-electron chi connectivity index (χ0n) is 7.95. The third kappa shape index (κ3) is 1.96. The van der Waals surface area contributed by atoms with Crippen LogP contribution in [0.2, 0.25) is 0 Å². The van der Waals surface area contributed by atoms with E-state index in [1.807, 2.05) is 6.92 Å². The molecule has 76 valence electrons.